The molecule has 0 bridgehead atoms. The molecule has 0 amide bonds. The first-order valence-corrected chi connectivity index (χ1v) is 4.77. The Morgan fingerprint density at radius 1 is 1.06 bits per heavy atom. The lowest BCUT2D eigenvalue weighted by atomic mass is 10.2. The van der Waals surface area contributed by atoms with Crippen LogP contribution in [0, 0.1) is 0 Å². The number of nitrogens with zero attached hydrogens (tertiary/aromatic N) is 3. The molecule has 0 aliphatic carbocycles. The van der Waals surface area contributed by atoms with E-state index >= 15 is 0 Å². The third-order valence-corrected chi connectivity index (χ3v) is 2.24. The lowest BCUT2D eigenvalue weighted by Crippen LogP contribution is -1.91. The van der Waals surface area contributed by atoms with Crippen LogP contribution >= 0.6 is 0 Å². The maximum atomic E-state index is 5.67. The SMILES string of the molecule is Nc1ncnc2oc(-c3ccccc3)nc12. The minimum absolute atomic E-state index is 0.330. The molecule has 0 fully saturated rings. The van der Waals surface area contributed by atoms with Crippen molar-refractivity contribution in [2.45, 2.75) is 0 Å². The zero-order valence-electron chi connectivity index (χ0n) is 8.29. The van der Waals surface area contributed by atoms with E-state index in [0.29, 0.717) is 22.9 Å². The first-order valence-electron chi connectivity index (χ1n) is 4.77. The number of nitrogen functional groups attached to an aromatic ring is 1. The fourth-order valence-corrected chi connectivity index (χ4v) is 1.48. The fraction of sp³-hybridized carbons (Fsp3) is 0. The average molecular weight is 212 g/mol. The zero-order chi connectivity index (χ0) is 11.0. The predicted molar refractivity (Wildman–Crippen MR) is 59.4 cm³/mol. The van der Waals surface area contributed by atoms with Gasteiger partial charge in [-0.2, -0.15) is 4.98 Å². The van der Waals surface area contributed by atoms with Crippen molar-refractivity contribution in [2.75, 3.05) is 5.73 Å². The van der Waals surface area contributed by atoms with Crippen LogP contribution in [-0.4, -0.2) is 15.0 Å². The molecule has 5 heteroatoms. The van der Waals surface area contributed by atoms with Crippen molar-refractivity contribution in [1.82, 2.24) is 15.0 Å². The molecular formula is C11H8N4O. The fourth-order valence-electron chi connectivity index (χ4n) is 1.48. The molecule has 0 saturated heterocycles. The van der Waals surface area contributed by atoms with E-state index in [-0.39, 0.29) is 0 Å². The molecule has 3 rings (SSSR count). The van der Waals surface area contributed by atoms with E-state index in [9.17, 15) is 0 Å². The first-order chi connectivity index (χ1) is 7.84. The number of hydrogen-bond acceptors (Lipinski definition) is 5. The minimum Gasteiger partial charge on any atom is -0.417 e. The Labute approximate surface area is 91.0 Å². The van der Waals surface area contributed by atoms with Gasteiger partial charge in [0.25, 0.3) is 5.71 Å². The third kappa shape index (κ3) is 1.30. The van der Waals surface area contributed by atoms with Crippen molar-refractivity contribution in [3.8, 4) is 11.5 Å². The summed E-state index contributed by atoms with van der Waals surface area (Å²) in [6, 6.07) is 9.58. The van der Waals surface area contributed by atoms with Crippen molar-refractivity contribution < 1.29 is 4.42 Å². The average Bonchev–Trinajstić information content (AvgIpc) is 2.76. The second-order valence-corrected chi connectivity index (χ2v) is 3.30. The van der Waals surface area contributed by atoms with Crippen molar-refractivity contribution in [3.05, 3.63) is 36.7 Å². The summed E-state index contributed by atoms with van der Waals surface area (Å²) >= 11 is 0. The monoisotopic (exact) mass is 212 g/mol. The van der Waals surface area contributed by atoms with Gasteiger partial charge in [0.1, 0.15) is 6.33 Å². The molecule has 0 atom stereocenters. The zero-order valence-corrected chi connectivity index (χ0v) is 8.29. The highest BCUT2D eigenvalue weighted by Gasteiger charge is 2.11. The molecule has 2 N–H and O–H groups in total. The Balaban J connectivity index is 2.23. The maximum absolute atomic E-state index is 5.67. The largest absolute Gasteiger partial charge is 0.417 e. The van der Waals surface area contributed by atoms with Gasteiger partial charge in [-0.1, -0.05) is 18.2 Å². The quantitative estimate of drug-likeness (QED) is 0.666. The molecule has 78 valence electrons. The normalized spacial score (nSPS) is 10.8. The van der Waals surface area contributed by atoms with Crippen molar-refractivity contribution in [2.24, 2.45) is 0 Å². The molecule has 2 aromatic heterocycles. The second-order valence-electron chi connectivity index (χ2n) is 3.30. The number of aromatic nitrogens is 3. The molecule has 5 nitrogen and oxygen atoms in total. The third-order valence-electron chi connectivity index (χ3n) is 2.24. The molecule has 0 aliphatic heterocycles. The van der Waals surface area contributed by atoms with Gasteiger partial charge in [0.2, 0.25) is 5.89 Å². The molecular weight excluding hydrogens is 204 g/mol. The van der Waals surface area contributed by atoms with Crippen LogP contribution in [0.5, 0.6) is 0 Å². The number of oxazole rings is 1. The van der Waals surface area contributed by atoms with Crippen molar-refractivity contribution >= 4 is 17.0 Å². The van der Waals surface area contributed by atoms with Crippen LogP contribution in [0.3, 0.4) is 0 Å². The highest BCUT2D eigenvalue weighted by molar-refractivity contribution is 5.81. The smallest absolute Gasteiger partial charge is 0.252 e. The predicted octanol–water partition coefficient (Wildman–Crippen LogP) is 1.87. The molecule has 16 heavy (non-hydrogen) atoms. The van der Waals surface area contributed by atoms with Gasteiger partial charge in [0.05, 0.1) is 0 Å². The molecule has 0 unspecified atom stereocenters. The summed E-state index contributed by atoms with van der Waals surface area (Å²) in [6.45, 7) is 0. The van der Waals surface area contributed by atoms with E-state index in [1.165, 1.54) is 6.33 Å². The molecule has 0 saturated carbocycles. The van der Waals surface area contributed by atoms with E-state index in [2.05, 4.69) is 15.0 Å². The second kappa shape index (κ2) is 3.30. The van der Waals surface area contributed by atoms with Crippen LogP contribution in [0.1, 0.15) is 0 Å². The Kier molecular flexibility index (Phi) is 1.83. The standard InChI is InChI=1S/C11H8N4O/c12-9-8-11(14-6-13-9)16-10(15-8)7-4-2-1-3-5-7/h1-6H,(H2,12,13,14). The van der Waals surface area contributed by atoms with Crippen LogP contribution in [0.15, 0.2) is 41.1 Å². The highest BCUT2D eigenvalue weighted by atomic mass is 16.4. The van der Waals surface area contributed by atoms with Gasteiger partial charge >= 0.3 is 0 Å². The Hall–Kier alpha value is -2.43. The minimum atomic E-state index is 0.330. The van der Waals surface area contributed by atoms with Gasteiger partial charge in [0.15, 0.2) is 11.3 Å². The Morgan fingerprint density at radius 3 is 2.62 bits per heavy atom. The van der Waals surface area contributed by atoms with E-state index in [4.69, 9.17) is 10.2 Å². The topological polar surface area (TPSA) is 77.8 Å². The summed E-state index contributed by atoms with van der Waals surface area (Å²) in [5.41, 5.74) is 7.47. The molecule has 3 aromatic rings. The number of fused-ring (bicyclic) bond motifs is 1. The summed E-state index contributed by atoms with van der Waals surface area (Å²) in [5, 5.41) is 0. The van der Waals surface area contributed by atoms with Gasteiger partial charge in [-0.05, 0) is 12.1 Å². The van der Waals surface area contributed by atoms with Gasteiger partial charge in [-0.25, -0.2) is 9.97 Å². The van der Waals surface area contributed by atoms with Gasteiger partial charge in [-0.3, -0.25) is 0 Å². The molecule has 0 aliphatic rings. The molecule has 2 heterocycles. The summed E-state index contributed by atoms with van der Waals surface area (Å²) in [6.07, 6.45) is 1.36. The van der Waals surface area contributed by atoms with Crippen LogP contribution in [0.25, 0.3) is 22.7 Å². The van der Waals surface area contributed by atoms with Gasteiger partial charge in [-0.15, -0.1) is 0 Å². The van der Waals surface area contributed by atoms with E-state index in [1.54, 1.807) is 0 Å². The van der Waals surface area contributed by atoms with Crippen LogP contribution < -0.4 is 5.73 Å². The first kappa shape index (κ1) is 8.84. The molecule has 0 radical (unpaired) electrons. The number of anilines is 1. The van der Waals surface area contributed by atoms with E-state index < -0.39 is 0 Å². The highest BCUT2D eigenvalue weighted by Crippen LogP contribution is 2.24. The number of hydrogen-bond donors (Lipinski definition) is 1. The summed E-state index contributed by atoms with van der Waals surface area (Å²) < 4.78 is 5.49. The number of nitrogens with two attached hydrogens (primary N) is 1. The Morgan fingerprint density at radius 2 is 1.88 bits per heavy atom. The van der Waals surface area contributed by atoms with Crippen molar-refractivity contribution in [1.29, 1.82) is 0 Å². The summed E-state index contributed by atoms with van der Waals surface area (Å²) in [5.74, 6) is 0.832. The lowest BCUT2D eigenvalue weighted by Gasteiger charge is -1.91. The molecule has 1 aromatic carbocycles. The lowest BCUT2D eigenvalue weighted by molar-refractivity contribution is 0.607. The van der Waals surface area contributed by atoms with Gasteiger partial charge in [0, 0.05) is 5.56 Å². The maximum Gasteiger partial charge on any atom is 0.252 e. The van der Waals surface area contributed by atoms with E-state index in [0.717, 1.165) is 5.56 Å². The van der Waals surface area contributed by atoms with Crippen molar-refractivity contribution in [3.63, 3.8) is 0 Å². The summed E-state index contributed by atoms with van der Waals surface area (Å²) in [4.78, 5) is 12.1. The van der Waals surface area contributed by atoms with Crippen LogP contribution in [0.4, 0.5) is 5.82 Å². The number of rotatable bonds is 1. The molecule has 0 spiro atoms. The van der Waals surface area contributed by atoms with Crippen LogP contribution in [0.2, 0.25) is 0 Å². The Bertz CT molecular complexity index is 633. The summed E-state index contributed by atoms with van der Waals surface area (Å²) in [7, 11) is 0. The van der Waals surface area contributed by atoms with Crippen LogP contribution in [-0.2, 0) is 0 Å². The van der Waals surface area contributed by atoms with Gasteiger partial charge < -0.3 is 10.2 Å². The van der Waals surface area contributed by atoms with E-state index in [1.807, 2.05) is 30.3 Å². The number of benzene rings is 1.